The molecule has 0 aliphatic carbocycles. The quantitative estimate of drug-likeness (QED) is 0.779. The topological polar surface area (TPSA) is 78.5 Å². The maximum Gasteiger partial charge on any atom is 0.245 e. The summed E-state index contributed by atoms with van der Waals surface area (Å²) >= 11 is 0. The molecule has 2 atom stereocenters. The van der Waals surface area contributed by atoms with Gasteiger partial charge in [0.05, 0.1) is 0 Å². The van der Waals surface area contributed by atoms with Crippen molar-refractivity contribution in [2.45, 2.75) is 37.1 Å². The van der Waals surface area contributed by atoms with Crippen molar-refractivity contribution in [3.05, 3.63) is 30.1 Å². The van der Waals surface area contributed by atoms with E-state index in [4.69, 9.17) is 0 Å². The molecule has 0 spiro atoms. The Kier molecular flexibility index (Phi) is 7.62. The van der Waals surface area contributed by atoms with Gasteiger partial charge in [-0.2, -0.15) is 4.31 Å². The lowest BCUT2D eigenvalue weighted by Crippen LogP contribution is -2.51. The molecule has 2 aliphatic heterocycles. The van der Waals surface area contributed by atoms with Crippen LogP contribution in [0.15, 0.2) is 29.2 Å². The summed E-state index contributed by atoms with van der Waals surface area (Å²) in [5.74, 6) is -0.544. The molecule has 0 aromatic heterocycles. The second-order valence-corrected chi connectivity index (χ2v) is 9.10. The number of halogens is 2. The first-order valence-corrected chi connectivity index (χ1v) is 10.6. The summed E-state index contributed by atoms with van der Waals surface area (Å²) in [5.41, 5.74) is 0. The second-order valence-electron chi connectivity index (χ2n) is 7.19. The Bertz CT molecular complexity index is 754. The van der Waals surface area contributed by atoms with E-state index in [2.05, 4.69) is 17.6 Å². The highest BCUT2D eigenvalue weighted by atomic mass is 35.5. The Labute approximate surface area is 166 Å². The zero-order valence-corrected chi connectivity index (χ0v) is 17.0. The van der Waals surface area contributed by atoms with Crippen LogP contribution in [0.2, 0.25) is 0 Å². The van der Waals surface area contributed by atoms with E-state index in [0.29, 0.717) is 18.8 Å². The van der Waals surface area contributed by atoms with Gasteiger partial charge in [0.25, 0.3) is 0 Å². The number of amides is 1. The van der Waals surface area contributed by atoms with Crippen molar-refractivity contribution in [2.75, 3.05) is 26.2 Å². The Morgan fingerprint density at radius 1 is 1.22 bits per heavy atom. The summed E-state index contributed by atoms with van der Waals surface area (Å²) in [6.45, 7) is 4.37. The Morgan fingerprint density at radius 3 is 2.52 bits per heavy atom. The molecule has 2 unspecified atom stereocenters. The number of benzene rings is 1. The van der Waals surface area contributed by atoms with Crippen LogP contribution in [-0.2, 0) is 14.8 Å². The number of piperidine rings is 2. The van der Waals surface area contributed by atoms with Crippen LogP contribution in [0, 0.1) is 17.7 Å². The van der Waals surface area contributed by atoms with Crippen LogP contribution in [0.3, 0.4) is 0 Å². The summed E-state index contributed by atoms with van der Waals surface area (Å²) in [5, 5.41) is 6.43. The first kappa shape index (κ1) is 22.1. The molecule has 0 saturated carbocycles. The molecule has 6 nitrogen and oxygen atoms in total. The summed E-state index contributed by atoms with van der Waals surface area (Å²) in [6, 6.07) is 5.57. The van der Waals surface area contributed by atoms with Gasteiger partial charge in [0, 0.05) is 25.0 Å². The third kappa shape index (κ3) is 4.99. The van der Waals surface area contributed by atoms with Crippen LogP contribution in [0.4, 0.5) is 4.39 Å². The predicted octanol–water partition coefficient (Wildman–Crippen LogP) is 1.76. The van der Waals surface area contributed by atoms with Crippen LogP contribution < -0.4 is 10.6 Å². The Balaban J connectivity index is 0.00000261. The molecule has 0 radical (unpaired) electrons. The fourth-order valence-corrected chi connectivity index (χ4v) is 5.22. The van der Waals surface area contributed by atoms with Crippen molar-refractivity contribution >= 4 is 28.3 Å². The van der Waals surface area contributed by atoms with Crippen LogP contribution in [0.5, 0.6) is 0 Å². The number of hydrogen-bond acceptors (Lipinski definition) is 4. The first-order valence-electron chi connectivity index (χ1n) is 9.15. The molecule has 2 fully saturated rings. The van der Waals surface area contributed by atoms with E-state index in [9.17, 15) is 17.6 Å². The molecular weight excluding hydrogens is 393 g/mol. The number of nitrogens with zero attached hydrogens (tertiary/aromatic N) is 1. The summed E-state index contributed by atoms with van der Waals surface area (Å²) < 4.78 is 40.4. The fraction of sp³-hybridized carbons (Fsp3) is 0.611. The average molecular weight is 420 g/mol. The highest BCUT2D eigenvalue weighted by molar-refractivity contribution is 7.89. The first-order chi connectivity index (χ1) is 12.4. The van der Waals surface area contributed by atoms with Gasteiger partial charge in [-0.05, 0) is 50.4 Å². The molecule has 152 valence electrons. The van der Waals surface area contributed by atoms with E-state index in [0.717, 1.165) is 25.6 Å². The van der Waals surface area contributed by atoms with E-state index in [1.807, 2.05) is 0 Å². The van der Waals surface area contributed by atoms with Crippen molar-refractivity contribution in [1.82, 2.24) is 14.9 Å². The van der Waals surface area contributed by atoms with Crippen LogP contribution in [0.1, 0.15) is 26.2 Å². The summed E-state index contributed by atoms with van der Waals surface area (Å²) in [7, 11) is -3.86. The number of sulfonamides is 1. The molecular formula is C18H27ClFN3O3S. The highest BCUT2D eigenvalue weighted by Gasteiger charge is 2.34. The lowest BCUT2D eigenvalue weighted by molar-refractivity contribution is -0.127. The van der Waals surface area contributed by atoms with Gasteiger partial charge in [-0.25, -0.2) is 12.8 Å². The fourth-order valence-electron chi connectivity index (χ4n) is 3.68. The minimum Gasteiger partial charge on any atom is -0.353 e. The molecule has 2 N–H and O–H groups in total. The largest absolute Gasteiger partial charge is 0.353 e. The average Bonchev–Trinajstić information content (AvgIpc) is 2.64. The van der Waals surface area contributed by atoms with Crippen molar-refractivity contribution in [3.8, 4) is 0 Å². The van der Waals surface area contributed by atoms with Crippen LogP contribution in [-0.4, -0.2) is 50.9 Å². The Morgan fingerprint density at radius 2 is 1.89 bits per heavy atom. The molecule has 1 aromatic rings. The van der Waals surface area contributed by atoms with Crippen molar-refractivity contribution < 1.29 is 17.6 Å². The minimum atomic E-state index is -3.86. The maximum atomic E-state index is 13.9. The lowest BCUT2D eigenvalue weighted by Gasteiger charge is -2.34. The highest BCUT2D eigenvalue weighted by Crippen LogP contribution is 2.25. The molecule has 2 saturated heterocycles. The van der Waals surface area contributed by atoms with Gasteiger partial charge in [0.1, 0.15) is 10.7 Å². The van der Waals surface area contributed by atoms with E-state index in [1.54, 1.807) is 0 Å². The molecule has 9 heteroatoms. The monoisotopic (exact) mass is 419 g/mol. The lowest BCUT2D eigenvalue weighted by atomic mass is 9.92. The van der Waals surface area contributed by atoms with Gasteiger partial charge >= 0.3 is 0 Å². The number of hydrogen-bond donors (Lipinski definition) is 2. The summed E-state index contributed by atoms with van der Waals surface area (Å²) in [4.78, 5) is 12.2. The predicted molar refractivity (Wildman–Crippen MR) is 104 cm³/mol. The molecule has 2 heterocycles. The molecule has 0 bridgehead atoms. The Hall–Kier alpha value is -1.22. The number of nitrogens with one attached hydrogen (secondary N) is 2. The zero-order valence-electron chi connectivity index (χ0n) is 15.4. The van der Waals surface area contributed by atoms with E-state index >= 15 is 0 Å². The standard InChI is InChI=1S/C18H26FN3O3S.ClH/c1-13-12-20-9-6-16(13)21-18(23)14-7-10-22(11-8-14)26(24,25)17-5-3-2-4-15(17)19;/h2-5,13-14,16,20H,6-12H2,1H3,(H,21,23);1H. The van der Waals surface area contributed by atoms with Gasteiger partial charge in [0.15, 0.2) is 0 Å². The van der Waals surface area contributed by atoms with Crippen molar-refractivity contribution in [1.29, 1.82) is 0 Å². The molecule has 3 rings (SSSR count). The third-order valence-corrected chi connectivity index (χ3v) is 7.32. The zero-order chi connectivity index (χ0) is 18.7. The van der Waals surface area contributed by atoms with Crippen molar-refractivity contribution in [2.24, 2.45) is 11.8 Å². The number of rotatable bonds is 4. The van der Waals surface area contributed by atoms with E-state index in [-0.39, 0.29) is 48.3 Å². The molecule has 27 heavy (non-hydrogen) atoms. The SMILES string of the molecule is CC1CNCCC1NC(=O)C1CCN(S(=O)(=O)c2ccccc2F)CC1.Cl. The van der Waals surface area contributed by atoms with Gasteiger partial charge in [-0.3, -0.25) is 4.79 Å². The van der Waals surface area contributed by atoms with Crippen LogP contribution >= 0.6 is 12.4 Å². The van der Waals surface area contributed by atoms with Gasteiger partial charge < -0.3 is 10.6 Å². The second kappa shape index (κ2) is 9.32. The number of carbonyl (C=O) groups excluding carboxylic acids is 1. The summed E-state index contributed by atoms with van der Waals surface area (Å²) in [6.07, 6.45) is 1.82. The number of carbonyl (C=O) groups is 1. The van der Waals surface area contributed by atoms with Gasteiger partial charge in [-0.1, -0.05) is 19.1 Å². The smallest absolute Gasteiger partial charge is 0.245 e. The third-order valence-electron chi connectivity index (χ3n) is 5.39. The van der Waals surface area contributed by atoms with E-state index < -0.39 is 15.8 Å². The maximum absolute atomic E-state index is 13.9. The van der Waals surface area contributed by atoms with Crippen LogP contribution in [0.25, 0.3) is 0 Å². The molecule has 2 aliphatic rings. The molecule has 1 amide bonds. The van der Waals surface area contributed by atoms with E-state index in [1.165, 1.54) is 22.5 Å². The normalized spacial score (nSPS) is 24.8. The van der Waals surface area contributed by atoms with Gasteiger partial charge in [-0.15, -0.1) is 12.4 Å². The van der Waals surface area contributed by atoms with Crippen molar-refractivity contribution in [3.63, 3.8) is 0 Å². The van der Waals surface area contributed by atoms with Gasteiger partial charge in [0.2, 0.25) is 15.9 Å². The minimum absolute atomic E-state index is 0. The molecule has 1 aromatic carbocycles.